The summed E-state index contributed by atoms with van der Waals surface area (Å²) < 4.78 is 0. The number of benzene rings is 3. The Kier molecular flexibility index (Phi) is 6.48. The molecule has 1 amide bonds. The lowest BCUT2D eigenvalue weighted by atomic mass is 10.0. The summed E-state index contributed by atoms with van der Waals surface area (Å²) in [4.78, 5) is 17.0. The number of carbonyl (C=O) groups is 1. The molecule has 0 radical (unpaired) electrons. The minimum Gasteiger partial charge on any atom is -0.370 e. The van der Waals surface area contributed by atoms with Crippen LogP contribution in [0.5, 0.6) is 0 Å². The van der Waals surface area contributed by atoms with Crippen molar-refractivity contribution in [1.29, 1.82) is 0 Å². The van der Waals surface area contributed by atoms with E-state index in [1.165, 1.54) is 17.7 Å². The molecule has 31 heavy (non-hydrogen) atoms. The molecule has 4 heteroatoms. The summed E-state index contributed by atoms with van der Waals surface area (Å²) in [6, 6.07) is 27.2. The highest BCUT2D eigenvalue weighted by molar-refractivity contribution is 6.02. The highest BCUT2D eigenvalue weighted by Crippen LogP contribution is 2.24. The van der Waals surface area contributed by atoms with Gasteiger partial charge < -0.3 is 15.1 Å². The van der Waals surface area contributed by atoms with Crippen LogP contribution in [0.25, 0.3) is 17.2 Å². The Bertz CT molecular complexity index is 1020. The standard InChI is InChI=1S/C27H29N3O/c1-29(2)26-18-19-30(20-26)25-15-13-24(14-16-25)28-27(31)17-10-21-8-11-23(12-9-21)22-6-4-3-5-7-22/h3-17,26H,18-20H2,1-2H3,(H,28,31). The van der Waals surface area contributed by atoms with Gasteiger partial charge in [-0.1, -0.05) is 54.6 Å². The maximum absolute atomic E-state index is 12.3. The molecule has 3 aromatic carbocycles. The fourth-order valence-electron chi connectivity index (χ4n) is 3.93. The van der Waals surface area contributed by atoms with Gasteiger partial charge in [0.25, 0.3) is 0 Å². The molecule has 1 saturated heterocycles. The van der Waals surface area contributed by atoms with Crippen molar-refractivity contribution in [3.05, 3.63) is 90.5 Å². The molecule has 0 aromatic heterocycles. The van der Waals surface area contributed by atoms with E-state index in [1.54, 1.807) is 6.08 Å². The van der Waals surface area contributed by atoms with Crippen LogP contribution in [0.4, 0.5) is 11.4 Å². The SMILES string of the molecule is CN(C)C1CCN(c2ccc(NC(=O)C=Cc3ccc(-c4ccccc4)cc3)cc2)C1. The molecular formula is C27H29N3O. The molecule has 0 aliphatic carbocycles. The fourth-order valence-corrected chi connectivity index (χ4v) is 3.93. The zero-order chi connectivity index (χ0) is 21.6. The van der Waals surface area contributed by atoms with Crippen molar-refractivity contribution in [2.45, 2.75) is 12.5 Å². The van der Waals surface area contributed by atoms with Crippen molar-refractivity contribution in [3.8, 4) is 11.1 Å². The average molecular weight is 412 g/mol. The van der Waals surface area contributed by atoms with E-state index in [1.807, 2.05) is 48.5 Å². The monoisotopic (exact) mass is 411 g/mol. The molecule has 1 fully saturated rings. The highest BCUT2D eigenvalue weighted by atomic mass is 16.1. The second-order valence-corrected chi connectivity index (χ2v) is 8.21. The smallest absolute Gasteiger partial charge is 0.248 e. The van der Waals surface area contributed by atoms with Gasteiger partial charge in [0.05, 0.1) is 0 Å². The number of anilines is 2. The molecule has 4 rings (SSSR count). The Morgan fingerprint density at radius 2 is 1.61 bits per heavy atom. The lowest BCUT2D eigenvalue weighted by molar-refractivity contribution is -0.111. The lowest BCUT2D eigenvalue weighted by Crippen LogP contribution is -2.31. The van der Waals surface area contributed by atoms with Crippen molar-refractivity contribution in [1.82, 2.24) is 4.90 Å². The van der Waals surface area contributed by atoms with E-state index in [-0.39, 0.29) is 5.91 Å². The third-order valence-corrected chi connectivity index (χ3v) is 5.84. The molecule has 4 nitrogen and oxygen atoms in total. The van der Waals surface area contributed by atoms with Crippen LogP contribution in [0.2, 0.25) is 0 Å². The maximum Gasteiger partial charge on any atom is 0.248 e. The highest BCUT2D eigenvalue weighted by Gasteiger charge is 2.23. The summed E-state index contributed by atoms with van der Waals surface area (Å²) in [5.74, 6) is -0.131. The Labute approximate surface area is 184 Å². The van der Waals surface area contributed by atoms with Crippen molar-refractivity contribution >= 4 is 23.4 Å². The molecule has 1 heterocycles. The average Bonchev–Trinajstić information content (AvgIpc) is 3.30. The van der Waals surface area contributed by atoms with E-state index in [9.17, 15) is 4.79 Å². The van der Waals surface area contributed by atoms with Crippen molar-refractivity contribution in [3.63, 3.8) is 0 Å². The largest absolute Gasteiger partial charge is 0.370 e. The molecule has 3 aromatic rings. The Balaban J connectivity index is 1.32. The summed E-state index contributed by atoms with van der Waals surface area (Å²) in [6.07, 6.45) is 4.60. The van der Waals surface area contributed by atoms with E-state index < -0.39 is 0 Å². The predicted molar refractivity (Wildman–Crippen MR) is 130 cm³/mol. The van der Waals surface area contributed by atoms with Crippen molar-refractivity contribution in [2.24, 2.45) is 0 Å². The molecule has 0 saturated carbocycles. The second kappa shape index (κ2) is 9.63. The van der Waals surface area contributed by atoms with Gasteiger partial charge in [-0.3, -0.25) is 4.79 Å². The Hall–Kier alpha value is -3.37. The zero-order valence-corrected chi connectivity index (χ0v) is 18.2. The maximum atomic E-state index is 12.3. The van der Waals surface area contributed by atoms with E-state index >= 15 is 0 Å². The quantitative estimate of drug-likeness (QED) is 0.570. The Morgan fingerprint density at radius 1 is 0.935 bits per heavy atom. The van der Waals surface area contributed by atoms with E-state index in [0.29, 0.717) is 6.04 Å². The number of amides is 1. The third-order valence-electron chi connectivity index (χ3n) is 5.84. The third kappa shape index (κ3) is 5.41. The first-order valence-corrected chi connectivity index (χ1v) is 10.7. The normalized spacial score (nSPS) is 16.2. The molecule has 0 spiro atoms. The van der Waals surface area contributed by atoms with Gasteiger partial charge in [0.15, 0.2) is 0 Å². The molecule has 1 N–H and O–H groups in total. The number of rotatable bonds is 6. The van der Waals surface area contributed by atoms with Crippen LogP contribution in [-0.2, 0) is 4.79 Å². The summed E-state index contributed by atoms with van der Waals surface area (Å²) >= 11 is 0. The molecule has 1 aliphatic rings. The number of hydrogen-bond donors (Lipinski definition) is 1. The van der Waals surface area contributed by atoms with Gasteiger partial charge in [-0.15, -0.1) is 0 Å². The van der Waals surface area contributed by atoms with Crippen LogP contribution in [0.3, 0.4) is 0 Å². The van der Waals surface area contributed by atoms with E-state index in [2.05, 4.69) is 65.6 Å². The van der Waals surface area contributed by atoms with Crippen molar-refractivity contribution < 1.29 is 4.79 Å². The number of carbonyl (C=O) groups excluding carboxylic acids is 1. The molecule has 1 atom stereocenters. The van der Waals surface area contributed by atoms with E-state index in [4.69, 9.17) is 0 Å². The molecule has 1 aliphatic heterocycles. The minimum atomic E-state index is -0.131. The first-order chi connectivity index (χ1) is 15.1. The number of likely N-dealkylation sites (N-methyl/N-ethyl adjacent to an activating group) is 1. The number of nitrogens with one attached hydrogen (secondary N) is 1. The van der Waals surface area contributed by atoms with Crippen LogP contribution < -0.4 is 10.2 Å². The van der Waals surface area contributed by atoms with Crippen LogP contribution in [0.15, 0.2) is 84.9 Å². The van der Waals surface area contributed by atoms with Crippen molar-refractivity contribution in [2.75, 3.05) is 37.4 Å². The summed E-state index contributed by atoms with van der Waals surface area (Å²) in [5.41, 5.74) is 5.36. The molecule has 0 bridgehead atoms. The zero-order valence-electron chi connectivity index (χ0n) is 18.2. The lowest BCUT2D eigenvalue weighted by Gasteiger charge is -2.22. The topological polar surface area (TPSA) is 35.6 Å². The van der Waals surface area contributed by atoms with Crippen LogP contribution in [-0.4, -0.2) is 44.0 Å². The summed E-state index contributed by atoms with van der Waals surface area (Å²) in [5, 5.41) is 2.94. The second-order valence-electron chi connectivity index (χ2n) is 8.21. The molecular weight excluding hydrogens is 382 g/mol. The van der Waals surface area contributed by atoms with Crippen LogP contribution in [0.1, 0.15) is 12.0 Å². The fraction of sp³-hybridized carbons (Fsp3) is 0.222. The van der Waals surface area contributed by atoms with Gasteiger partial charge in [-0.2, -0.15) is 0 Å². The summed E-state index contributed by atoms with van der Waals surface area (Å²) in [6.45, 7) is 2.12. The van der Waals surface area contributed by atoms with Gasteiger partial charge >= 0.3 is 0 Å². The predicted octanol–water partition coefficient (Wildman–Crippen LogP) is 5.15. The Morgan fingerprint density at radius 3 is 2.26 bits per heavy atom. The van der Waals surface area contributed by atoms with Crippen LogP contribution in [0, 0.1) is 0 Å². The van der Waals surface area contributed by atoms with E-state index in [0.717, 1.165) is 29.9 Å². The minimum absolute atomic E-state index is 0.131. The van der Waals surface area contributed by atoms with Gasteiger partial charge in [0, 0.05) is 36.6 Å². The molecule has 1 unspecified atom stereocenters. The summed E-state index contributed by atoms with van der Waals surface area (Å²) in [7, 11) is 4.27. The first kappa shape index (κ1) is 20.9. The number of hydrogen-bond acceptors (Lipinski definition) is 3. The number of nitrogens with zero attached hydrogens (tertiary/aromatic N) is 2. The first-order valence-electron chi connectivity index (χ1n) is 10.7. The van der Waals surface area contributed by atoms with Gasteiger partial charge in [-0.25, -0.2) is 0 Å². The van der Waals surface area contributed by atoms with Gasteiger partial charge in [0.1, 0.15) is 0 Å². The molecule has 158 valence electrons. The van der Waals surface area contributed by atoms with Gasteiger partial charge in [0.2, 0.25) is 5.91 Å². The van der Waals surface area contributed by atoms with Crippen LogP contribution >= 0.6 is 0 Å². The van der Waals surface area contributed by atoms with Gasteiger partial charge in [-0.05, 0) is 67.5 Å².